The van der Waals surface area contributed by atoms with E-state index < -0.39 is 30.1 Å². The van der Waals surface area contributed by atoms with Crippen molar-refractivity contribution in [3.05, 3.63) is 40.9 Å². The lowest BCUT2D eigenvalue weighted by Crippen LogP contribution is -2.53. The van der Waals surface area contributed by atoms with E-state index in [2.05, 4.69) is 27.7 Å². The molecule has 3 saturated heterocycles. The monoisotopic (exact) mass is 536 g/mol. The van der Waals surface area contributed by atoms with Crippen LogP contribution in [0.4, 0.5) is 0 Å². The quantitative estimate of drug-likeness (QED) is 0.478. The Kier molecular flexibility index (Phi) is 9.16. The van der Waals surface area contributed by atoms with Crippen molar-refractivity contribution in [3.63, 3.8) is 0 Å². The van der Waals surface area contributed by atoms with E-state index in [9.17, 15) is 13.5 Å². The standard InChI is InChI=1S/C28H44O6SSi/c1-5-36(6-2,7-3)28(35(30,31)21-12-9-8-10-13-21)19-24-22(29)18-27-26(34-24)17-20(4)16-25-23(33-27)14-11-15-32-25/h8-10,12-13,19-20,22-27,29H,5-7,11,14-18H2,1-4H3/b28-19+/t20-,22-,23-,24+,25+,26-,27+/m0/s1. The summed E-state index contributed by atoms with van der Waals surface area (Å²) in [5, 5.41) is 11.2. The van der Waals surface area contributed by atoms with E-state index in [1.807, 2.05) is 6.07 Å². The zero-order valence-corrected chi connectivity index (χ0v) is 24.1. The molecule has 0 aliphatic carbocycles. The first-order chi connectivity index (χ1) is 17.2. The van der Waals surface area contributed by atoms with Crippen LogP contribution >= 0.6 is 0 Å². The summed E-state index contributed by atoms with van der Waals surface area (Å²) in [5.41, 5.74) is 0. The Hall–Kier alpha value is -1.03. The first kappa shape index (κ1) is 28.0. The van der Waals surface area contributed by atoms with Gasteiger partial charge in [-0.2, -0.15) is 0 Å². The van der Waals surface area contributed by atoms with Gasteiger partial charge in [-0.3, -0.25) is 0 Å². The molecule has 1 aromatic rings. The molecule has 0 radical (unpaired) electrons. The molecular formula is C28H44O6SSi. The van der Waals surface area contributed by atoms with Crippen LogP contribution in [0.2, 0.25) is 18.1 Å². The number of sulfone groups is 1. The highest BCUT2D eigenvalue weighted by Gasteiger charge is 2.45. The second kappa shape index (κ2) is 11.8. The summed E-state index contributed by atoms with van der Waals surface area (Å²) in [6.07, 6.45) is 4.22. The molecule has 202 valence electrons. The third-order valence-electron chi connectivity index (χ3n) is 8.81. The second-order valence-corrected chi connectivity index (χ2v) is 18.5. The summed E-state index contributed by atoms with van der Waals surface area (Å²) >= 11 is 0. The zero-order valence-electron chi connectivity index (χ0n) is 22.3. The summed E-state index contributed by atoms with van der Waals surface area (Å²) in [6.45, 7) is 9.33. The van der Waals surface area contributed by atoms with Crippen LogP contribution < -0.4 is 0 Å². The summed E-state index contributed by atoms with van der Waals surface area (Å²) in [6, 6.07) is 11.2. The lowest BCUT2D eigenvalue weighted by molar-refractivity contribution is -0.224. The molecule has 1 N–H and O–H groups in total. The molecule has 1 aromatic carbocycles. The third kappa shape index (κ3) is 5.69. The molecule has 0 saturated carbocycles. The van der Waals surface area contributed by atoms with E-state index >= 15 is 0 Å². The van der Waals surface area contributed by atoms with E-state index in [-0.39, 0.29) is 24.4 Å². The number of hydrogen-bond donors (Lipinski definition) is 1. The molecule has 0 unspecified atom stereocenters. The minimum atomic E-state index is -3.70. The molecule has 0 spiro atoms. The largest absolute Gasteiger partial charge is 0.390 e. The molecule has 36 heavy (non-hydrogen) atoms. The molecule has 3 fully saturated rings. The van der Waals surface area contributed by atoms with Crippen LogP contribution in [-0.2, 0) is 24.0 Å². The predicted molar refractivity (Wildman–Crippen MR) is 144 cm³/mol. The average Bonchev–Trinajstić information content (AvgIpc) is 2.87. The van der Waals surface area contributed by atoms with E-state index in [1.165, 1.54) is 0 Å². The van der Waals surface area contributed by atoms with Gasteiger partial charge in [0.05, 0.1) is 35.4 Å². The highest BCUT2D eigenvalue weighted by molar-refractivity contribution is 7.97. The van der Waals surface area contributed by atoms with Gasteiger partial charge < -0.3 is 19.3 Å². The molecular weight excluding hydrogens is 492 g/mol. The lowest BCUT2D eigenvalue weighted by atomic mass is 9.85. The van der Waals surface area contributed by atoms with Gasteiger partial charge in [-0.1, -0.05) is 64.0 Å². The van der Waals surface area contributed by atoms with Crippen molar-refractivity contribution in [3.8, 4) is 0 Å². The maximum Gasteiger partial charge on any atom is 0.198 e. The zero-order chi connectivity index (χ0) is 25.9. The maximum atomic E-state index is 14.0. The Balaban J connectivity index is 1.68. The number of aliphatic hydroxyl groups is 1. The van der Waals surface area contributed by atoms with Gasteiger partial charge in [0, 0.05) is 17.6 Å². The number of fused-ring (bicyclic) bond motifs is 2. The van der Waals surface area contributed by atoms with Gasteiger partial charge in [0.1, 0.15) is 14.2 Å². The predicted octanol–water partition coefficient (Wildman–Crippen LogP) is 5.27. The van der Waals surface area contributed by atoms with Crippen LogP contribution in [0.3, 0.4) is 0 Å². The van der Waals surface area contributed by atoms with E-state index in [0.29, 0.717) is 21.8 Å². The minimum absolute atomic E-state index is 0.0336. The minimum Gasteiger partial charge on any atom is -0.390 e. The van der Waals surface area contributed by atoms with E-state index in [4.69, 9.17) is 14.2 Å². The first-order valence-electron chi connectivity index (χ1n) is 13.9. The molecule has 8 heteroatoms. The molecule has 7 atom stereocenters. The second-order valence-electron chi connectivity index (χ2n) is 11.0. The van der Waals surface area contributed by atoms with Gasteiger partial charge in [-0.05, 0) is 49.8 Å². The van der Waals surface area contributed by atoms with Crippen molar-refractivity contribution >= 4 is 17.9 Å². The van der Waals surface area contributed by atoms with Crippen molar-refractivity contribution in [2.75, 3.05) is 6.61 Å². The number of benzene rings is 1. The Morgan fingerprint density at radius 2 is 1.61 bits per heavy atom. The van der Waals surface area contributed by atoms with Crippen LogP contribution in [0, 0.1) is 5.92 Å². The van der Waals surface area contributed by atoms with Gasteiger partial charge in [0.2, 0.25) is 0 Å². The Morgan fingerprint density at radius 3 is 2.28 bits per heavy atom. The van der Waals surface area contributed by atoms with E-state index in [0.717, 1.165) is 50.4 Å². The van der Waals surface area contributed by atoms with Crippen molar-refractivity contribution < 1.29 is 27.7 Å². The maximum absolute atomic E-state index is 14.0. The summed E-state index contributed by atoms with van der Waals surface area (Å²) < 4.78 is 47.6. The smallest absolute Gasteiger partial charge is 0.198 e. The number of hydrogen-bond acceptors (Lipinski definition) is 6. The SMILES string of the molecule is CC[Si](CC)(CC)/C(=C/[C@H]1O[C@H]2C[C@@H](C)C[C@H]3OCCC[C@@H]3O[C@@H]2C[C@@H]1O)S(=O)(=O)c1ccccc1. The van der Waals surface area contributed by atoms with Crippen LogP contribution in [0.5, 0.6) is 0 Å². The average molecular weight is 537 g/mol. The molecule has 0 amide bonds. The highest BCUT2D eigenvalue weighted by Crippen LogP contribution is 2.39. The summed E-state index contributed by atoms with van der Waals surface area (Å²) in [5.74, 6) is 0.398. The van der Waals surface area contributed by atoms with E-state index in [1.54, 1.807) is 30.3 Å². The van der Waals surface area contributed by atoms with Gasteiger partial charge in [0.15, 0.2) is 9.84 Å². The molecule has 6 nitrogen and oxygen atoms in total. The third-order valence-corrected chi connectivity index (χ3v) is 17.8. The molecule has 3 aliphatic rings. The molecule has 3 heterocycles. The molecule has 3 aliphatic heterocycles. The van der Waals surface area contributed by atoms with Gasteiger partial charge in [-0.25, -0.2) is 8.42 Å². The topological polar surface area (TPSA) is 82.1 Å². The van der Waals surface area contributed by atoms with Crippen molar-refractivity contribution in [2.24, 2.45) is 5.92 Å². The summed E-state index contributed by atoms with van der Waals surface area (Å²) in [7, 11) is -6.05. The fraction of sp³-hybridized carbons (Fsp3) is 0.714. The Bertz CT molecular complexity index is 984. The summed E-state index contributed by atoms with van der Waals surface area (Å²) in [4.78, 5) is 0.318. The first-order valence-corrected chi connectivity index (χ1v) is 18.0. The molecule has 4 rings (SSSR count). The van der Waals surface area contributed by atoms with Crippen molar-refractivity contribution in [2.45, 2.75) is 119 Å². The molecule has 0 bridgehead atoms. The number of rotatable bonds is 7. The number of aliphatic hydroxyl groups excluding tert-OH is 1. The molecule has 0 aromatic heterocycles. The van der Waals surface area contributed by atoms with Gasteiger partial charge in [0.25, 0.3) is 0 Å². The fourth-order valence-electron chi connectivity index (χ4n) is 6.41. The highest BCUT2D eigenvalue weighted by atomic mass is 32.2. The van der Waals surface area contributed by atoms with Crippen LogP contribution in [-0.4, -0.2) is 64.8 Å². The van der Waals surface area contributed by atoms with Crippen molar-refractivity contribution in [1.82, 2.24) is 0 Å². The number of ether oxygens (including phenoxy) is 3. The van der Waals surface area contributed by atoms with Crippen LogP contribution in [0.25, 0.3) is 0 Å². The van der Waals surface area contributed by atoms with Crippen LogP contribution in [0.1, 0.15) is 59.8 Å². The van der Waals surface area contributed by atoms with Gasteiger partial charge in [-0.15, -0.1) is 0 Å². The lowest BCUT2D eigenvalue weighted by Gasteiger charge is -2.46. The Morgan fingerprint density at radius 1 is 0.972 bits per heavy atom. The van der Waals surface area contributed by atoms with Crippen molar-refractivity contribution in [1.29, 1.82) is 0 Å². The van der Waals surface area contributed by atoms with Gasteiger partial charge >= 0.3 is 0 Å². The Labute approximate surface area is 218 Å². The van der Waals surface area contributed by atoms with Crippen LogP contribution in [0.15, 0.2) is 45.8 Å². The normalized spacial score (nSPS) is 34.2. The fourth-order valence-corrected chi connectivity index (χ4v) is 14.5.